The summed E-state index contributed by atoms with van der Waals surface area (Å²) in [7, 11) is 0. The first-order valence-electron chi connectivity index (χ1n) is 5.04. The SMILES string of the molecule is Fc1cc(Cl)c(NCc2cncc(Br)c2)c(Br)c1. The number of anilines is 1. The lowest BCUT2D eigenvalue weighted by Crippen LogP contribution is -2.01. The van der Waals surface area contributed by atoms with Crippen LogP contribution in [0, 0.1) is 5.82 Å². The van der Waals surface area contributed by atoms with Crippen molar-refractivity contribution in [2.75, 3.05) is 5.32 Å². The summed E-state index contributed by atoms with van der Waals surface area (Å²) in [4.78, 5) is 4.06. The van der Waals surface area contributed by atoms with Crippen LogP contribution in [0.25, 0.3) is 0 Å². The van der Waals surface area contributed by atoms with Gasteiger partial charge in [0.15, 0.2) is 0 Å². The summed E-state index contributed by atoms with van der Waals surface area (Å²) in [5.74, 6) is -0.374. The Hall–Kier alpha value is -0.650. The van der Waals surface area contributed by atoms with Gasteiger partial charge in [0.1, 0.15) is 5.82 Å². The Morgan fingerprint density at radius 1 is 1.22 bits per heavy atom. The number of nitrogens with zero attached hydrogens (tertiary/aromatic N) is 1. The fraction of sp³-hybridized carbons (Fsp3) is 0.0833. The molecule has 1 N–H and O–H groups in total. The van der Waals surface area contributed by atoms with E-state index in [1.54, 1.807) is 12.4 Å². The first-order chi connectivity index (χ1) is 8.56. The zero-order valence-electron chi connectivity index (χ0n) is 9.05. The highest BCUT2D eigenvalue weighted by Gasteiger charge is 2.07. The summed E-state index contributed by atoms with van der Waals surface area (Å²) in [5.41, 5.74) is 1.66. The molecule has 0 fully saturated rings. The molecular weight excluding hydrogens is 386 g/mol. The van der Waals surface area contributed by atoms with Crippen molar-refractivity contribution in [2.24, 2.45) is 0 Å². The Kier molecular flexibility index (Phi) is 4.59. The monoisotopic (exact) mass is 392 g/mol. The molecule has 6 heteroatoms. The van der Waals surface area contributed by atoms with E-state index in [1.807, 2.05) is 6.07 Å². The maximum absolute atomic E-state index is 13.1. The Labute approximate surface area is 126 Å². The third kappa shape index (κ3) is 3.43. The van der Waals surface area contributed by atoms with Gasteiger partial charge in [0.05, 0.1) is 10.7 Å². The van der Waals surface area contributed by atoms with Crippen LogP contribution in [0.2, 0.25) is 5.02 Å². The predicted octanol–water partition coefficient (Wildman–Crippen LogP) is 5.01. The van der Waals surface area contributed by atoms with E-state index in [9.17, 15) is 4.39 Å². The average Bonchev–Trinajstić information content (AvgIpc) is 2.27. The van der Waals surface area contributed by atoms with Gasteiger partial charge in [0, 0.05) is 27.9 Å². The van der Waals surface area contributed by atoms with E-state index in [4.69, 9.17) is 11.6 Å². The minimum atomic E-state index is -0.374. The van der Waals surface area contributed by atoms with Crippen molar-refractivity contribution in [3.8, 4) is 0 Å². The van der Waals surface area contributed by atoms with Crippen molar-refractivity contribution < 1.29 is 4.39 Å². The van der Waals surface area contributed by atoms with E-state index in [2.05, 4.69) is 42.2 Å². The number of pyridine rings is 1. The molecule has 1 heterocycles. The van der Waals surface area contributed by atoms with Crippen LogP contribution in [-0.2, 0) is 6.54 Å². The molecule has 1 aromatic carbocycles. The second kappa shape index (κ2) is 5.99. The fourth-order valence-corrected chi connectivity index (χ4v) is 2.83. The van der Waals surface area contributed by atoms with Gasteiger partial charge in [-0.3, -0.25) is 4.98 Å². The second-order valence-corrected chi connectivity index (χ2v) is 5.79. The maximum Gasteiger partial charge on any atom is 0.125 e. The van der Waals surface area contributed by atoms with Gasteiger partial charge in [0.25, 0.3) is 0 Å². The normalized spacial score (nSPS) is 10.4. The van der Waals surface area contributed by atoms with Crippen LogP contribution in [0.1, 0.15) is 5.56 Å². The van der Waals surface area contributed by atoms with Gasteiger partial charge >= 0.3 is 0 Å². The molecule has 94 valence electrons. The fourth-order valence-electron chi connectivity index (χ4n) is 1.45. The molecule has 0 radical (unpaired) electrons. The molecule has 2 nitrogen and oxygen atoms in total. The standard InChI is InChI=1S/C12H8Br2ClFN2/c13-8-1-7(4-17-6-8)5-18-12-10(14)2-9(16)3-11(12)15/h1-4,6,18H,5H2. The van der Waals surface area contributed by atoms with Crippen molar-refractivity contribution in [1.29, 1.82) is 0 Å². The minimum absolute atomic E-state index is 0.338. The largest absolute Gasteiger partial charge is 0.379 e. The molecule has 0 spiro atoms. The van der Waals surface area contributed by atoms with E-state index in [0.29, 0.717) is 21.7 Å². The number of rotatable bonds is 3. The van der Waals surface area contributed by atoms with Crippen LogP contribution in [0.3, 0.4) is 0 Å². The van der Waals surface area contributed by atoms with Crippen molar-refractivity contribution >= 4 is 49.1 Å². The minimum Gasteiger partial charge on any atom is -0.379 e. The number of nitrogens with one attached hydrogen (secondary N) is 1. The van der Waals surface area contributed by atoms with Crippen molar-refractivity contribution in [3.63, 3.8) is 0 Å². The summed E-state index contributed by atoms with van der Waals surface area (Å²) in [5, 5.41) is 3.48. The van der Waals surface area contributed by atoms with E-state index in [0.717, 1.165) is 10.0 Å². The highest BCUT2D eigenvalue weighted by Crippen LogP contribution is 2.32. The summed E-state index contributed by atoms with van der Waals surface area (Å²) in [6, 6.07) is 4.59. The maximum atomic E-state index is 13.1. The molecule has 0 aliphatic heterocycles. The molecule has 0 amide bonds. The van der Waals surface area contributed by atoms with Gasteiger partial charge in [-0.25, -0.2) is 4.39 Å². The lowest BCUT2D eigenvalue weighted by atomic mass is 10.2. The van der Waals surface area contributed by atoms with E-state index < -0.39 is 0 Å². The molecule has 2 rings (SSSR count). The Bertz CT molecular complexity index is 555. The molecular formula is C12H8Br2ClFN2. The highest BCUT2D eigenvalue weighted by atomic mass is 79.9. The first kappa shape index (κ1) is 13.8. The average molecular weight is 394 g/mol. The Morgan fingerprint density at radius 2 is 2.00 bits per heavy atom. The van der Waals surface area contributed by atoms with Gasteiger partial charge in [-0.05, 0) is 55.6 Å². The third-order valence-electron chi connectivity index (χ3n) is 2.24. The number of halogens is 4. The lowest BCUT2D eigenvalue weighted by molar-refractivity contribution is 0.627. The molecule has 0 aliphatic rings. The smallest absolute Gasteiger partial charge is 0.125 e. The summed E-state index contributed by atoms with van der Waals surface area (Å²) >= 11 is 12.6. The molecule has 0 aliphatic carbocycles. The summed E-state index contributed by atoms with van der Waals surface area (Å²) < 4.78 is 14.6. The molecule has 0 saturated heterocycles. The van der Waals surface area contributed by atoms with Crippen molar-refractivity contribution in [3.05, 3.63) is 55.9 Å². The van der Waals surface area contributed by atoms with Crippen LogP contribution < -0.4 is 5.32 Å². The number of hydrogen-bond acceptors (Lipinski definition) is 2. The number of aromatic nitrogens is 1. The third-order valence-corrected chi connectivity index (χ3v) is 3.59. The molecule has 0 saturated carbocycles. The predicted molar refractivity (Wildman–Crippen MR) is 78.4 cm³/mol. The topological polar surface area (TPSA) is 24.9 Å². The molecule has 0 bridgehead atoms. The van der Waals surface area contributed by atoms with Crippen molar-refractivity contribution in [1.82, 2.24) is 4.98 Å². The zero-order valence-corrected chi connectivity index (χ0v) is 13.0. The van der Waals surface area contributed by atoms with Crippen molar-refractivity contribution in [2.45, 2.75) is 6.54 Å². The molecule has 18 heavy (non-hydrogen) atoms. The van der Waals surface area contributed by atoms with Crippen LogP contribution in [0.5, 0.6) is 0 Å². The van der Waals surface area contributed by atoms with Crippen LogP contribution in [-0.4, -0.2) is 4.98 Å². The van der Waals surface area contributed by atoms with Crippen LogP contribution in [0.15, 0.2) is 39.5 Å². The summed E-state index contributed by atoms with van der Waals surface area (Å²) in [6.45, 7) is 0.552. The highest BCUT2D eigenvalue weighted by molar-refractivity contribution is 9.10. The quantitative estimate of drug-likeness (QED) is 0.792. The molecule has 0 atom stereocenters. The number of benzene rings is 1. The van der Waals surface area contributed by atoms with E-state index in [-0.39, 0.29) is 5.82 Å². The molecule has 1 aromatic heterocycles. The zero-order chi connectivity index (χ0) is 13.1. The van der Waals surface area contributed by atoms with Gasteiger partial charge < -0.3 is 5.32 Å². The Morgan fingerprint density at radius 3 is 2.67 bits per heavy atom. The van der Waals surface area contributed by atoms with Crippen LogP contribution >= 0.6 is 43.5 Å². The second-order valence-electron chi connectivity index (χ2n) is 3.61. The molecule has 2 aromatic rings. The number of hydrogen-bond donors (Lipinski definition) is 1. The van der Waals surface area contributed by atoms with E-state index in [1.165, 1.54) is 12.1 Å². The lowest BCUT2D eigenvalue weighted by Gasteiger charge is -2.10. The van der Waals surface area contributed by atoms with E-state index >= 15 is 0 Å². The van der Waals surface area contributed by atoms with Gasteiger partial charge in [0.2, 0.25) is 0 Å². The summed E-state index contributed by atoms with van der Waals surface area (Å²) in [6.07, 6.45) is 3.47. The van der Waals surface area contributed by atoms with Crippen LogP contribution in [0.4, 0.5) is 10.1 Å². The van der Waals surface area contributed by atoms with Gasteiger partial charge in [-0.15, -0.1) is 0 Å². The van der Waals surface area contributed by atoms with Gasteiger partial charge in [-0.1, -0.05) is 11.6 Å². The molecule has 0 unspecified atom stereocenters. The van der Waals surface area contributed by atoms with Gasteiger partial charge in [-0.2, -0.15) is 0 Å². The Balaban J connectivity index is 2.16. The first-order valence-corrected chi connectivity index (χ1v) is 7.00.